The summed E-state index contributed by atoms with van der Waals surface area (Å²) in [6.07, 6.45) is 2.63. The minimum atomic E-state index is -2.83. The predicted molar refractivity (Wildman–Crippen MR) is 73.6 cm³/mol. The van der Waals surface area contributed by atoms with Gasteiger partial charge in [-0.1, -0.05) is 0 Å². The van der Waals surface area contributed by atoms with Gasteiger partial charge in [0.05, 0.1) is 17.5 Å². The lowest BCUT2D eigenvalue weighted by atomic mass is 10.2. The van der Waals surface area contributed by atoms with Crippen molar-refractivity contribution in [3.8, 4) is 0 Å². The summed E-state index contributed by atoms with van der Waals surface area (Å²) in [5, 5.41) is 9.65. The maximum atomic E-state index is 11.5. The van der Waals surface area contributed by atoms with E-state index in [-0.39, 0.29) is 23.6 Å². The standard InChI is InChI=1S/C11H19N3O2S2/c1-9(11-14-4-6-17-11)12-3-2-10-8-18(15,16)7-5-13-10/h4,6,9-10,12-13H,2-3,5,7-8H2,1H3. The van der Waals surface area contributed by atoms with Gasteiger partial charge in [0.25, 0.3) is 0 Å². The number of nitrogens with zero attached hydrogens (tertiary/aromatic N) is 1. The first-order valence-electron chi connectivity index (χ1n) is 6.13. The van der Waals surface area contributed by atoms with Crippen molar-refractivity contribution in [1.29, 1.82) is 0 Å². The molecule has 2 atom stereocenters. The Morgan fingerprint density at radius 2 is 2.50 bits per heavy atom. The molecule has 18 heavy (non-hydrogen) atoms. The molecule has 1 aromatic heterocycles. The minimum absolute atomic E-state index is 0.0831. The van der Waals surface area contributed by atoms with Crippen LogP contribution in [0.3, 0.4) is 0 Å². The van der Waals surface area contributed by atoms with E-state index in [2.05, 4.69) is 22.5 Å². The zero-order valence-electron chi connectivity index (χ0n) is 10.4. The Morgan fingerprint density at radius 1 is 1.67 bits per heavy atom. The van der Waals surface area contributed by atoms with Crippen molar-refractivity contribution in [2.75, 3.05) is 24.6 Å². The van der Waals surface area contributed by atoms with E-state index in [0.717, 1.165) is 18.0 Å². The molecule has 0 bridgehead atoms. The Bertz CT molecular complexity index is 459. The number of aromatic nitrogens is 1. The molecular formula is C11H19N3O2S2. The minimum Gasteiger partial charge on any atom is -0.312 e. The lowest BCUT2D eigenvalue weighted by Gasteiger charge is -2.24. The Kier molecular flexibility index (Phi) is 4.71. The number of hydrogen-bond donors (Lipinski definition) is 2. The first-order chi connectivity index (χ1) is 8.57. The highest BCUT2D eigenvalue weighted by Gasteiger charge is 2.23. The average molecular weight is 289 g/mol. The fourth-order valence-corrected chi connectivity index (χ4v) is 4.23. The van der Waals surface area contributed by atoms with Crippen LogP contribution in [0.2, 0.25) is 0 Å². The maximum absolute atomic E-state index is 11.5. The second-order valence-corrected chi connectivity index (χ2v) is 7.76. The van der Waals surface area contributed by atoms with Gasteiger partial charge in [0.15, 0.2) is 9.84 Å². The Labute approximate surface area is 112 Å². The third kappa shape index (κ3) is 4.01. The zero-order chi connectivity index (χ0) is 13.0. The maximum Gasteiger partial charge on any atom is 0.153 e. The third-order valence-corrected chi connectivity index (χ3v) is 5.76. The third-order valence-electron chi connectivity index (χ3n) is 3.07. The van der Waals surface area contributed by atoms with Gasteiger partial charge in [0, 0.05) is 24.2 Å². The van der Waals surface area contributed by atoms with Crippen LogP contribution in [0.25, 0.3) is 0 Å². The second kappa shape index (κ2) is 6.10. The molecule has 0 spiro atoms. The van der Waals surface area contributed by atoms with E-state index in [1.807, 2.05) is 5.38 Å². The second-order valence-electron chi connectivity index (χ2n) is 4.60. The molecule has 1 aliphatic heterocycles. The van der Waals surface area contributed by atoms with Crippen molar-refractivity contribution in [2.24, 2.45) is 0 Å². The molecule has 0 radical (unpaired) electrons. The number of nitrogens with one attached hydrogen (secondary N) is 2. The molecule has 102 valence electrons. The summed E-state index contributed by atoms with van der Waals surface area (Å²) in [5.41, 5.74) is 0. The van der Waals surface area contributed by atoms with Crippen LogP contribution < -0.4 is 10.6 Å². The first-order valence-corrected chi connectivity index (χ1v) is 8.83. The molecule has 1 aliphatic rings. The Hall–Kier alpha value is -0.500. The van der Waals surface area contributed by atoms with E-state index in [1.165, 1.54) is 0 Å². The normalized spacial score (nSPS) is 24.8. The fourth-order valence-electron chi connectivity index (χ4n) is 2.06. The topological polar surface area (TPSA) is 71.1 Å². The van der Waals surface area contributed by atoms with Crippen LogP contribution in [0, 0.1) is 0 Å². The summed E-state index contributed by atoms with van der Waals surface area (Å²) in [6, 6.07) is 0.310. The summed E-state index contributed by atoms with van der Waals surface area (Å²) in [5.74, 6) is 0.534. The summed E-state index contributed by atoms with van der Waals surface area (Å²) < 4.78 is 23.0. The Morgan fingerprint density at radius 3 is 3.17 bits per heavy atom. The van der Waals surface area contributed by atoms with Crippen LogP contribution in [0.1, 0.15) is 24.4 Å². The molecule has 7 heteroatoms. The van der Waals surface area contributed by atoms with Crippen LogP contribution in [-0.2, 0) is 9.84 Å². The summed E-state index contributed by atoms with van der Waals surface area (Å²) in [6.45, 7) is 3.45. The van der Waals surface area contributed by atoms with Crippen molar-refractivity contribution in [1.82, 2.24) is 15.6 Å². The number of hydrogen-bond acceptors (Lipinski definition) is 6. The highest BCUT2D eigenvalue weighted by molar-refractivity contribution is 7.91. The fraction of sp³-hybridized carbons (Fsp3) is 0.727. The molecule has 1 aromatic rings. The van der Waals surface area contributed by atoms with E-state index in [1.54, 1.807) is 17.5 Å². The van der Waals surface area contributed by atoms with Crippen LogP contribution in [0.4, 0.5) is 0 Å². The van der Waals surface area contributed by atoms with E-state index in [4.69, 9.17) is 0 Å². The van der Waals surface area contributed by atoms with E-state index >= 15 is 0 Å². The molecule has 0 saturated carbocycles. The highest BCUT2D eigenvalue weighted by Crippen LogP contribution is 2.14. The molecule has 5 nitrogen and oxygen atoms in total. The lowest BCUT2D eigenvalue weighted by molar-refractivity contribution is 0.462. The van der Waals surface area contributed by atoms with Gasteiger partial charge in [-0.15, -0.1) is 11.3 Å². The van der Waals surface area contributed by atoms with Crippen LogP contribution >= 0.6 is 11.3 Å². The van der Waals surface area contributed by atoms with Gasteiger partial charge in [0.1, 0.15) is 5.01 Å². The molecule has 1 fully saturated rings. The molecule has 0 aliphatic carbocycles. The Balaban J connectivity index is 1.72. The van der Waals surface area contributed by atoms with Crippen molar-refractivity contribution in [3.05, 3.63) is 16.6 Å². The largest absolute Gasteiger partial charge is 0.312 e. The first kappa shape index (κ1) is 13.9. The highest BCUT2D eigenvalue weighted by atomic mass is 32.2. The molecule has 1 saturated heterocycles. The van der Waals surface area contributed by atoms with Gasteiger partial charge in [-0.2, -0.15) is 0 Å². The van der Waals surface area contributed by atoms with E-state index < -0.39 is 9.84 Å². The molecule has 2 N–H and O–H groups in total. The molecule has 2 heterocycles. The van der Waals surface area contributed by atoms with Gasteiger partial charge in [-0.3, -0.25) is 0 Å². The van der Waals surface area contributed by atoms with Gasteiger partial charge in [0.2, 0.25) is 0 Å². The molecule has 2 rings (SSSR count). The van der Waals surface area contributed by atoms with Crippen molar-refractivity contribution in [2.45, 2.75) is 25.4 Å². The molecule has 0 amide bonds. The van der Waals surface area contributed by atoms with Crippen molar-refractivity contribution >= 4 is 21.2 Å². The summed E-state index contributed by atoms with van der Waals surface area (Å²) in [4.78, 5) is 4.25. The van der Waals surface area contributed by atoms with Gasteiger partial charge in [-0.05, 0) is 19.9 Å². The smallest absolute Gasteiger partial charge is 0.153 e. The quantitative estimate of drug-likeness (QED) is 0.829. The number of rotatable bonds is 5. The van der Waals surface area contributed by atoms with Crippen LogP contribution in [0.5, 0.6) is 0 Å². The van der Waals surface area contributed by atoms with Crippen molar-refractivity contribution < 1.29 is 8.42 Å². The van der Waals surface area contributed by atoms with Crippen molar-refractivity contribution in [3.63, 3.8) is 0 Å². The lowest BCUT2D eigenvalue weighted by Crippen LogP contribution is -2.46. The number of thiazole rings is 1. The van der Waals surface area contributed by atoms with E-state index in [0.29, 0.717) is 6.54 Å². The van der Waals surface area contributed by atoms with E-state index in [9.17, 15) is 8.42 Å². The SMILES string of the molecule is CC(NCCC1CS(=O)(=O)CCN1)c1nccs1. The number of sulfone groups is 1. The average Bonchev–Trinajstić information content (AvgIpc) is 2.81. The predicted octanol–water partition coefficient (Wildman–Crippen LogP) is 0.570. The zero-order valence-corrected chi connectivity index (χ0v) is 12.1. The molecule has 2 unspecified atom stereocenters. The summed E-state index contributed by atoms with van der Waals surface area (Å²) in [7, 11) is -2.83. The van der Waals surface area contributed by atoms with Crippen LogP contribution in [-0.4, -0.2) is 44.0 Å². The van der Waals surface area contributed by atoms with Gasteiger partial charge < -0.3 is 10.6 Å². The van der Waals surface area contributed by atoms with Crippen LogP contribution in [0.15, 0.2) is 11.6 Å². The monoisotopic (exact) mass is 289 g/mol. The van der Waals surface area contributed by atoms with Gasteiger partial charge >= 0.3 is 0 Å². The van der Waals surface area contributed by atoms with Gasteiger partial charge in [-0.25, -0.2) is 13.4 Å². The molecular weight excluding hydrogens is 270 g/mol. The molecule has 0 aromatic carbocycles. The summed E-state index contributed by atoms with van der Waals surface area (Å²) >= 11 is 1.63.